The molecule has 0 radical (unpaired) electrons. The number of nitrogens with zero attached hydrogens (tertiary/aromatic N) is 1. The van der Waals surface area contributed by atoms with Crippen molar-refractivity contribution in [2.75, 3.05) is 6.61 Å². The standard InChI is InChI=1S/C10H11F3N2O5/c11-10(12,13)5-2-15(9(19)14-7(5)18)8-6(17)1-4(3-16)20-8/h2,4,6,8,16-17H,1,3H2,(H,14,18,19)/t4-,6?,8+/m1/s1. The first-order valence-corrected chi connectivity index (χ1v) is 5.61. The first-order chi connectivity index (χ1) is 9.24. The topological polar surface area (TPSA) is 105 Å². The molecule has 20 heavy (non-hydrogen) atoms. The largest absolute Gasteiger partial charge is 0.423 e. The third-order valence-electron chi connectivity index (χ3n) is 2.92. The van der Waals surface area contributed by atoms with Crippen molar-refractivity contribution in [3.63, 3.8) is 0 Å². The van der Waals surface area contributed by atoms with Crippen molar-refractivity contribution in [1.82, 2.24) is 9.55 Å². The van der Waals surface area contributed by atoms with Crippen molar-refractivity contribution in [3.05, 3.63) is 32.6 Å². The average Bonchev–Trinajstić information content (AvgIpc) is 2.69. The molecule has 0 aromatic carbocycles. The van der Waals surface area contributed by atoms with Crippen LogP contribution < -0.4 is 11.2 Å². The third-order valence-corrected chi connectivity index (χ3v) is 2.92. The van der Waals surface area contributed by atoms with Gasteiger partial charge in [-0.1, -0.05) is 0 Å². The lowest BCUT2D eigenvalue weighted by Gasteiger charge is -2.18. The minimum Gasteiger partial charge on any atom is -0.394 e. The molecule has 7 nitrogen and oxygen atoms in total. The zero-order chi connectivity index (χ0) is 15.1. The Bertz CT molecular complexity index is 608. The maximum atomic E-state index is 12.6. The Hall–Kier alpha value is -1.65. The van der Waals surface area contributed by atoms with Gasteiger partial charge in [-0.2, -0.15) is 13.2 Å². The molecule has 112 valence electrons. The van der Waals surface area contributed by atoms with Gasteiger partial charge in [0.25, 0.3) is 5.56 Å². The summed E-state index contributed by atoms with van der Waals surface area (Å²) in [5.74, 6) is 0. The van der Waals surface area contributed by atoms with E-state index in [1.807, 2.05) is 0 Å². The molecule has 10 heteroatoms. The molecule has 0 bridgehead atoms. The van der Waals surface area contributed by atoms with E-state index in [9.17, 15) is 27.9 Å². The number of aromatic amines is 1. The minimum absolute atomic E-state index is 0.0336. The Kier molecular flexibility index (Phi) is 3.71. The van der Waals surface area contributed by atoms with Crippen LogP contribution in [-0.4, -0.2) is 38.6 Å². The summed E-state index contributed by atoms with van der Waals surface area (Å²) in [6.45, 7) is -0.447. The zero-order valence-corrected chi connectivity index (χ0v) is 9.92. The third kappa shape index (κ3) is 2.62. The Morgan fingerprint density at radius 3 is 2.60 bits per heavy atom. The van der Waals surface area contributed by atoms with Gasteiger partial charge in [0.1, 0.15) is 11.7 Å². The molecule has 2 rings (SSSR count). The predicted octanol–water partition coefficient (Wildman–Crippen LogP) is -0.804. The highest BCUT2D eigenvalue weighted by Gasteiger charge is 2.39. The summed E-state index contributed by atoms with van der Waals surface area (Å²) in [6.07, 6.45) is -8.12. The molecule has 0 amide bonds. The number of hydrogen-bond acceptors (Lipinski definition) is 5. The van der Waals surface area contributed by atoms with Crippen LogP contribution in [0.1, 0.15) is 18.2 Å². The summed E-state index contributed by atoms with van der Waals surface area (Å²) in [5.41, 5.74) is -4.27. The second-order valence-electron chi connectivity index (χ2n) is 4.34. The Labute approximate surface area is 109 Å². The van der Waals surface area contributed by atoms with Crippen molar-refractivity contribution in [2.24, 2.45) is 0 Å². The number of rotatable bonds is 2. The smallest absolute Gasteiger partial charge is 0.394 e. The molecule has 3 N–H and O–H groups in total. The highest BCUT2D eigenvalue weighted by Crippen LogP contribution is 2.30. The SMILES string of the molecule is O=c1[nH]c(=O)n([C@H]2O[C@@H](CO)CC2O)cc1C(F)(F)F. The summed E-state index contributed by atoms with van der Waals surface area (Å²) in [5, 5.41) is 18.5. The van der Waals surface area contributed by atoms with Gasteiger partial charge in [-0.25, -0.2) is 4.79 Å². The van der Waals surface area contributed by atoms with Crippen molar-refractivity contribution < 1.29 is 28.1 Å². The molecule has 1 fully saturated rings. The summed E-state index contributed by atoms with van der Waals surface area (Å²) in [6, 6.07) is 0. The Morgan fingerprint density at radius 1 is 1.45 bits per heavy atom. The monoisotopic (exact) mass is 296 g/mol. The summed E-state index contributed by atoms with van der Waals surface area (Å²) in [4.78, 5) is 24.2. The van der Waals surface area contributed by atoms with Crippen LogP contribution in [0.4, 0.5) is 13.2 Å². The van der Waals surface area contributed by atoms with Crippen LogP contribution in [0.15, 0.2) is 15.8 Å². The van der Waals surface area contributed by atoms with Crippen molar-refractivity contribution in [2.45, 2.75) is 31.0 Å². The fourth-order valence-electron chi connectivity index (χ4n) is 1.97. The van der Waals surface area contributed by atoms with Gasteiger partial charge >= 0.3 is 11.9 Å². The highest BCUT2D eigenvalue weighted by atomic mass is 19.4. The first kappa shape index (κ1) is 14.8. The fourth-order valence-corrected chi connectivity index (χ4v) is 1.97. The Morgan fingerprint density at radius 2 is 2.10 bits per heavy atom. The number of H-pyrrole nitrogens is 1. The molecule has 0 spiro atoms. The van der Waals surface area contributed by atoms with Crippen molar-refractivity contribution in [3.8, 4) is 0 Å². The van der Waals surface area contributed by atoms with Gasteiger partial charge in [-0.05, 0) is 0 Å². The van der Waals surface area contributed by atoms with E-state index in [2.05, 4.69) is 0 Å². The van der Waals surface area contributed by atoms with E-state index in [-0.39, 0.29) is 6.42 Å². The minimum atomic E-state index is -4.94. The van der Waals surface area contributed by atoms with Crippen LogP contribution in [-0.2, 0) is 10.9 Å². The fraction of sp³-hybridized carbons (Fsp3) is 0.600. The summed E-state index contributed by atoms with van der Waals surface area (Å²) >= 11 is 0. The van der Waals surface area contributed by atoms with Gasteiger partial charge in [0.2, 0.25) is 0 Å². The number of nitrogens with one attached hydrogen (secondary N) is 1. The first-order valence-electron chi connectivity index (χ1n) is 5.61. The summed E-state index contributed by atoms with van der Waals surface area (Å²) < 4.78 is 43.4. The number of ether oxygens (including phenoxy) is 1. The number of alkyl halides is 3. The lowest BCUT2D eigenvalue weighted by molar-refractivity contribution is -0.140. The number of aromatic nitrogens is 2. The Balaban J connectivity index is 2.48. The molecule has 2 heterocycles. The van der Waals surface area contributed by atoms with E-state index in [4.69, 9.17) is 9.84 Å². The molecular formula is C10H11F3N2O5. The van der Waals surface area contributed by atoms with Crippen LogP contribution in [0.5, 0.6) is 0 Å². The van der Waals surface area contributed by atoms with Crippen molar-refractivity contribution >= 4 is 0 Å². The highest BCUT2D eigenvalue weighted by molar-refractivity contribution is 5.09. The molecule has 1 saturated heterocycles. The molecule has 0 aliphatic carbocycles. The molecule has 1 aromatic heterocycles. The van der Waals surface area contributed by atoms with Crippen LogP contribution in [0.2, 0.25) is 0 Å². The quantitative estimate of drug-likeness (QED) is 0.662. The molecule has 0 saturated carbocycles. The number of halogens is 3. The van der Waals surface area contributed by atoms with E-state index in [0.717, 1.165) is 0 Å². The maximum Gasteiger partial charge on any atom is 0.423 e. The van der Waals surface area contributed by atoms with E-state index in [1.165, 1.54) is 4.98 Å². The van der Waals surface area contributed by atoms with Gasteiger partial charge in [0, 0.05) is 12.6 Å². The molecule has 1 aliphatic rings. The van der Waals surface area contributed by atoms with Gasteiger partial charge < -0.3 is 14.9 Å². The zero-order valence-electron chi connectivity index (χ0n) is 9.92. The molecule has 1 aliphatic heterocycles. The normalized spacial score (nSPS) is 26.9. The lowest BCUT2D eigenvalue weighted by Crippen LogP contribution is -2.38. The predicted molar refractivity (Wildman–Crippen MR) is 57.9 cm³/mol. The second kappa shape index (κ2) is 5.04. The number of aliphatic hydroxyl groups is 2. The van der Waals surface area contributed by atoms with Crippen LogP contribution in [0.25, 0.3) is 0 Å². The maximum absolute atomic E-state index is 12.6. The molecular weight excluding hydrogens is 285 g/mol. The van der Waals surface area contributed by atoms with Gasteiger partial charge in [0.05, 0.1) is 12.7 Å². The van der Waals surface area contributed by atoms with E-state index in [1.54, 1.807) is 0 Å². The van der Waals surface area contributed by atoms with E-state index < -0.39 is 48.0 Å². The molecule has 3 atom stereocenters. The summed E-state index contributed by atoms with van der Waals surface area (Å²) in [7, 11) is 0. The van der Waals surface area contributed by atoms with E-state index in [0.29, 0.717) is 10.8 Å². The van der Waals surface area contributed by atoms with Crippen molar-refractivity contribution in [1.29, 1.82) is 0 Å². The van der Waals surface area contributed by atoms with Gasteiger partial charge in [-0.3, -0.25) is 14.3 Å². The van der Waals surface area contributed by atoms with Gasteiger partial charge in [-0.15, -0.1) is 0 Å². The second-order valence-corrected chi connectivity index (χ2v) is 4.34. The number of hydrogen-bond donors (Lipinski definition) is 3. The van der Waals surface area contributed by atoms with Gasteiger partial charge in [0.15, 0.2) is 6.23 Å². The van der Waals surface area contributed by atoms with Crippen LogP contribution >= 0.6 is 0 Å². The van der Waals surface area contributed by atoms with Crippen LogP contribution in [0.3, 0.4) is 0 Å². The number of aliphatic hydroxyl groups excluding tert-OH is 2. The van der Waals surface area contributed by atoms with Crippen LogP contribution in [0, 0.1) is 0 Å². The lowest BCUT2D eigenvalue weighted by atomic mass is 10.2. The average molecular weight is 296 g/mol. The molecule has 1 unspecified atom stereocenters. The molecule has 1 aromatic rings. The van der Waals surface area contributed by atoms with E-state index >= 15 is 0 Å².